The Morgan fingerprint density at radius 1 is 1.24 bits per heavy atom. The summed E-state index contributed by atoms with van der Waals surface area (Å²) < 4.78 is 0. The molecule has 2 nitrogen and oxygen atoms in total. The summed E-state index contributed by atoms with van der Waals surface area (Å²) in [6, 6.07) is 10.2. The van der Waals surface area contributed by atoms with Crippen LogP contribution in [-0.2, 0) is 11.2 Å². The summed E-state index contributed by atoms with van der Waals surface area (Å²) >= 11 is 0. The molecule has 1 aromatic carbocycles. The first-order valence-electron chi connectivity index (χ1n) is 6.55. The second-order valence-corrected chi connectivity index (χ2v) is 4.63. The summed E-state index contributed by atoms with van der Waals surface area (Å²) in [5.74, 6) is 0.125. The molecule has 0 saturated carbocycles. The molecule has 0 spiro atoms. The zero-order valence-corrected chi connectivity index (χ0v) is 10.9. The van der Waals surface area contributed by atoms with Crippen LogP contribution in [0.2, 0.25) is 0 Å². The van der Waals surface area contributed by atoms with E-state index in [0.29, 0.717) is 6.42 Å². The number of amides is 1. The maximum atomic E-state index is 11.7. The highest BCUT2D eigenvalue weighted by atomic mass is 16.1. The Balaban J connectivity index is 2.25. The Morgan fingerprint density at radius 3 is 2.59 bits per heavy atom. The van der Waals surface area contributed by atoms with Gasteiger partial charge in [0, 0.05) is 6.04 Å². The lowest BCUT2D eigenvalue weighted by Gasteiger charge is -2.13. The van der Waals surface area contributed by atoms with Gasteiger partial charge in [0.1, 0.15) is 0 Å². The molecule has 1 atom stereocenters. The van der Waals surface area contributed by atoms with Crippen LogP contribution in [0.4, 0.5) is 0 Å². The van der Waals surface area contributed by atoms with E-state index in [1.807, 2.05) is 30.3 Å². The van der Waals surface area contributed by atoms with Crippen LogP contribution in [-0.4, -0.2) is 11.9 Å². The van der Waals surface area contributed by atoms with Gasteiger partial charge in [0.15, 0.2) is 0 Å². The van der Waals surface area contributed by atoms with Gasteiger partial charge in [-0.1, -0.05) is 56.5 Å². The number of carbonyl (C=O) groups is 1. The zero-order valence-electron chi connectivity index (χ0n) is 10.9. The molecule has 0 fully saturated rings. The van der Waals surface area contributed by atoms with Crippen LogP contribution >= 0.6 is 0 Å². The second-order valence-electron chi connectivity index (χ2n) is 4.63. The van der Waals surface area contributed by atoms with Crippen molar-refractivity contribution in [1.82, 2.24) is 5.32 Å². The average molecular weight is 233 g/mol. The zero-order chi connectivity index (χ0) is 12.5. The van der Waals surface area contributed by atoms with E-state index in [2.05, 4.69) is 19.2 Å². The van der Waals surface area contributed by atoms with Gasteiger partial charge in [-0.3, -0.25) is 4.79 Å². The SMILES string of the molecule is CCCCCC(C)NC(=O)Cc1ccccc1. The van der Waals surface area contributed by atoms with Crippen molar-refractivity contribution in [3.63, 3.8) is 0 Å². The second kappa shape index (κ2) is 7.88. The van der Waals surface area contributed by atoms with Crippen molar-refractivity contribution in [2.75, 3.05) is 0 Å². The molecule has 0 aliphatic rings. The maximum absolute atomic E-state index is 11.7. The number of carbonyl (C=O) groups excluding carboxylic acids is 1. The Kier molecular flexibility index (Phi) is 6.38. The van der Waals surface area contributed by atoms with Crippen LogP contribution in [0.3, 0.4) is 0 Å². The van der Waals surface area contributed by atoms with Gasteiger partial charge in [0.05, 0.1) is 6.42 Å². The smallest absolute Gasteiger partial charge is 0.224 e. The lowest BCUT2D eigenvalue weighted by molar-refractivity contribution is -0.121. The number of rotatable bonds is 7. The van der Waals surface area contributed by atoms with Crippen molar-refractivity contribution in [2.24, 2.45) is 0 Å². The van der Waals surface area contributed by atoms with Crippen molar-refractivity contribution in [2.45, 2.75) is 52.0 Å². The number of hydrogen-bond acceptors (Lipinski definition) is 1. The van der Waals surface area contributed by atoms with E-state index in [-0.39, 0.29) is 11.9 Å². The first-order chi connectivity index (χ1) is 8.22. The molecular weight excluding hydrogens is 210 g/mol. The number of benzene rings is 1. The van der Waals surface area contributed by atoms with Gasteiger partial charge in [0.2, 0.25) is 5.91 Å². The number of unbranched alkanes of at least 4 members (excludes halogenated alkanes) is 2. The molecule has 0 saturated heterocycles. The molecule has 1 aromatic rings. The highest BCUT2D eigenvalue weighted by molar-refractivity contribution is 5.78. The Bertz CT molecular complexity index is 321. The molecule has 0 heterocycles. The molecule has 1 unspecified atom stereocenters. The number of hydrogen-bond donors (Lipinski definition) is 1. The van der Waals surface area contributed by atoms with E-state index < -0.39 is 0 Å². The maximum Gasteiger partial charge on any atom is 0.224 e. The highest BCUT2D eigenvalue weighted by Crippen LogP contribution is 2.04. The topological polar surface area (TPSA) is 29.1 Å². The van der Waals surface area contributed by atoms with Gasteiger partial charge in [-0.25, -0.2) is 0 Å². The lowest BCUT2D eigenvalue weighted by Crippen LogP contribution is -2.33. The van der Waals surface area contributed by atoms with Gasteiger partial charge >= 0.3 is 0 Å². The van der Waals surface area contributed by atoms with Crippen LogP contribution in [0.25, 0.3) is 0 Å². The van der Waals surface area contributed by atoms with Crippen molar-refractivity contribution < 1.29 is 4.79 Å². The summed E-state index contributed by atoms with van der Waals surface area (Å²) in [6.45, 7) is 4.28. The number of nitrogens with one attached hydrogen (secondary N) is 1. The van der Waals surface area contributed by atoms with Crippen molar-refractivity contribution in [3.05, 3.63) is 35.9 Å². The third-order valence-corrected chi connectivity index (χ3v) is 2.86. The molecule has 0 aromatic heterocycles. The van der Waals surface area contributed by atoms with E-state index in [1.165, 1.54) is 19.3 Å². The lowest BCUT2D eigenvalue weighted by atomic mass is 10.1. The molecule has 1 rings (SSSR count). The van der Waals surface area contributed by atoms with E-state index >= 15 is 0 Å². The first-order valence-corrected chi connectivity index (χ1v) is 6.55. The fourth-order valence-electron chi connectivity index (χ4n) is 1.88. The van der Waals surface area contributed by atoms with Crippen molar-refractivity contribution in [1.29, 1.82) is 0 Å². The monoisotopic (exact) mass is 233 g/mol. The van der Waals surface area contributed by atoms with Gasteiger partial charge in [0.25, 0.3) is 0 Å². The summed E-state index contributed by atoms with van der Waals surface area (Å²) in [7, 11) is 0. The normalized spacial score (nSPS) is 12.1. The molecule has 17 heavy (non-hydrogen) atoms. The molecule has 2 heteroatoms. The summed E-state index contributed by atoms with van der Waals surface area (Å²) in [4.78, 5) is 11.7. The van der Waals surface area contributed by atoms with Gasteiger partial charge in [-0.2, -0.15) is 0 Å². The molecular formula is C15H23NO. The predicted molar refractivity (Wildman–Crippen MR) is 71.9 cm³/mol. The van der Waals surface area contributed by atoms with E-state index in [4.69, 9.17) is 0 Å². The Labute approximate surface area is 104 Å². The fourth-order valence-corrected chi connectivity index (χ4v) is 1.88. The average Bonchev–Trinajstić information content (AvgIpc) is 2.30. The van der Waals surface area contributed by atoms with Crippen molar-refractivity contribution in [3.8, 4) is 0 Å². The summed E-state index contributed by atoms with van der Waals surface area (Å²) in [6.07, 6.45) is 5.24. The molecule has 0 aliphatic heterocycles. The standard InChI is InChI=1S/C15H23NO/c1-3-4-6-9-13(2)16-15(17)12-14-10-7-5-8-11-14/h5,7-8,10-11,13H,3-4,6,9,12H2,1-2H3,(H,16,17). The van der Waals surface area contributed by atoms with Crippen LogP contribution < -0.4 is 5.32 Å². The van der Waals surface area contributed by atoms with Crippen molar-refractivity contribution >= 4 is 5.91 Å². The Morgan fingerprint density at radius 2 is 1.94 bits per heavy atom. The minimum Gasteiger partial charge on any atom is -0.353 e. The molecule has 0 aliphatic carbocycles. The molecule has 0 radical (unpaired) electrons. The van der Waals surface area contributed by atoms with Crippen LogP contribution in [0.15, 0.2) is 30.3 Å². The Hall–Kier alpha value is -1.31. The first kappa shape index (κ1) is 13.8. The molecule has 94 valence electrons. The van der Waals surface area contributed by atoms with Gasteiger partial charge in [-0.15, -0.1) is 0 Å². The molecule has 1 N–H and O–H groups in total. The van der Waals surface area contributed by atoms with Crippen LogP contribution in [0.1, 0.15) is 45.1 Å². The predicted octanol–water partition coefficient (Wildman–Crippen LogP) is 3.31. The van der Waals surface area contributed by atoms with Gasteiger partial charge < -0.3 is 5.32 Å². The minimum absolute atomic E-state index is 0.125. The van der Waals surface area contributed by atoms with E-state index in [1.54, 1.807) is 0 Å². The van der Waals surface area contributed by atoms with E-state index in [9.17, 15) is 4.79 Å². The fraction of sp³-hybridized carbons (Fsp3) is 0.533. The minimum atomic E-state index is 0.125. The molecule has 0 bridgehead atoms. The van der Waals surface area contributed by atoms with Crippen LogP contribution in [0.5, 0.6) is 0 Å². The summed E-state index contributed by atoms with van der Waals surface area (Å²) in [5.41, 5.74) is 1.07. The molecule has 1 amide bonds. The third-order valence-electron chi connectivity index (χ3n) is 2.86. The third kappa shape index (κ3) is 6.10. The summed E-state index contributed by atoms with van der Waals surface area (Å²) in [5, 5.41) is 3.05. The van der Waals surface area contributed by atoms with Gasteiger partial charge in [-0.05, 0) is 18.9 Å². The highest BCUT2D eigenvalue weighted by Gasteiger charge is 2.07. The largest absolute Gasteiger partial charge is 0.353 e. The quantitative estimate of drug-likeness (QED) is 0.719. The van der Waals surface area contributed by atoms with Crippen LogP contribution in [0, 0.1) is 0 Å². The van der Waals surface area contributed by atoms with E-state index in [0.717, 1.165) is 12.0 Å².